The number of hydrogen-bond acceptors (Lipinski definition) is 0. The molecule has 0 aliphatic rings. The molecule has 3 aromatic rings. The van der Waals surface area contributed by atoms with Crippen molar-refractivity contribution in [3.8, 4) is 0 Å². The van der Waals surface area contributed by atoms with Crippen LogP contribution in [0, 0.1) is 0 Å². The fraction of sp³-hybridized carbons (Fsp3) is 0.500. The van der Waals surface area contributed by atoms with Gasteiger partial charge in [0.15, 0.2) is 0 Å². The fourth-order valence-electron chi connectivity index (χ4n) is 3.88. The summed E-state index contributed by atoms with van der Waals surface area (Å²) in [5, 5.41) is 2.80. The summed E-state index contributed by atoms with van der Waals surface area (Å²) in [6.45, 7) is 20.7. The van der Waals surface area contributed by atoms with Crippen molar-refractivity contribution in [1.82, 2.24) is 4.57 Å². The standard InChI is InChI=1S/C24H33N/c1-22(2,3)16-13-14-17-20(15-16)25(24(7,8)9)19-12-10-11-18(21(17)19)23(4,5)6/h10-15H,1-9H3. The van der Waals surface area contributed by atoms with Crippen LogP contribution in [0.3, 0.4) is 0 Å². The number of hydrogen-bond donors (Lipinski definition) is 0. The van der Waals surface area contributed by atoms with E-state index in [4.69, 9.17) is 0 Å². The maximum atomic E-state index is 2.53. The van der Waals surface area contributed by atoms with Gasteiger partial charge in [0.25, 0.3) is 0 Å². The van der Waals surface area contributed by atoms with E-state index in [0.29, 0.717) is 0 Å². The molecule has 1 heteroatoms. The molecule has 1 nitrogen and oxygen atoms in total. The van der Waals surface area contributed by atoms with E-state index in [0.717, 1.165) is 0 Å². The number of aromatic nitrogens is 1. The molecule has 0 bridgehead atoms. The van der Waals surface area contributed by atoms with Gasteiger partial charge >= 0.3 is 0 Å². The average molecular weight is 336 g/mol. The van der Waals surface area contributed by atoms with Crippen LogP contribution in [0.4, 0.5) is 0 Å². The Morgan fingerprint density at radius 1 is 0.680 bits per heavy atom. The highest BCUT2D eigenvalue weighted by Crippen LogP contribution is 2.41. The van der Waals surface area contributed by atoms with E-state index in [-0.39, 0.29) is 16.4 Å². The highest BCUT2D eigenvalue weighted by Gasteiger charge is 2.26. The molecule has 1 aromatic heterocycles. The number of benzene rings is 2. The zero-order valence-electron chi connectivity index (χ0n) is 17.4. The quantitative estimate of drug-likeness (QED) is 0.411. The molecule has 2 aromatic carbocycles. The number of rotatable bonds is 0. The molecule has 0 fully saturated rings. The van der Waals surface area contributed by atoms with Gasteiger partial charge in [0.05, 0.1) is 0 Å². The first kappa shape index (κ1) is 18.0. The van der Waals surface area contributed by atoms with Crippen molar-refractivity contribution in [3.05, 3.63) is 47.5 Å². The third-order valence-electron chi connectivity index (χ3n) is 5.14. The van der Waals surface area contributed by atoms with Crippen LogP contribution in [0.5, 0.6) is 0 Å². The molecule has 0 unspecified atom stereocenters. The summed E-state index contributed by atoms with van der Waals surface area (Å²) in [7, 11) is 0. The van der Waals surface area contributed by atoms with E-state index in [2.05, 4.69) is 103 Å². The van der Waals surface area contributed by atoms with Gasteiger partial charge in [-0.3, -0.25) is 0 Å². The van der Waals surface area contributed by atoms with Gasteiger partial charge < -0.3 is 4.57 Å². The molecule has 1 heterocycles. The predicted molar refractivity (Wildman–Crippen MR) is 112 cm³/mol. The van der Waals surface area contributed by atoms with Crippen molar-refractivity contribution in [2.75, 3.05) is 0 Å². The van der Waals surface area contributed by atoms with E-state index < -0.39 is 0 Å². The van der Waals surface area contributed by atoms with Crippen LogP contribution in [-0.4, -0.2) is 4.57 Å². The van der Waals surface area contributed by atoms with E-state index in [1.165, 1.54) is 32.9 Å². The molecule has 0 aliphatic heterocycles. The van der Waals surface area contributed by atoms with Crippen LogP contribution in [0.15, 0.2) is 36.4 Å². The van der Waals surface area contributed by atoms with Gasteiger partial charge in [0.2, 0.25) is 0 Å². The number of fused-ring (bicyclic) bond motifs is 3. The molecular weight excluding hydrogens is 302 g/mol. The minimum atomic E-state index is 0.0347. The zero-order valence-corrected chi connectivity index (χ0v) is 17.4. The lowest BCUT2D eigenvalue weighted by molar-refractivity contribution is 0.423. The Kier molecular flexibility index (Phi) is 3.87. The second-order valence-corrected chi connectivity index (χ2v) is 10.4. The monoisotopic (exact) mass is 335 g/mol. The summed E-state index contributed by atoms with van der Waals surface area (Å²) >= 11 is 0. The van der Waals surface area contributed by atoms with E-state index in [1.807, 2.05) is 0 Å². The van der Waals surface area contributed by atoms with Gasteiger partial charge in [-0.15, -0.1) is 0 Å². The van der Waals surface area contributed by atoms with Gasteiger partial charge in [-0.25, -0.2) is 0 Å². The van der Waals surface area contributed by atoms with Gasteiger partial charge in [0, 0.05) is 27.3 Å². The SMILES string of the molecule is CC(C)(C)c1ccc2c3c(C(C)(C)C)cccc3n(C(C)(C)C)c2c1. The predicted octanol–water partition coefficient (Wildman–Crippen LogP) is 7.14. The number of nitrogens with zero attached hydrogens (tertiary/aromatic N) is 1. The molecule has 0 aliphatic carbocycles. The summed E-state index contributed by atoms with van der Waals surface area (Å²) in [6.07, 6.45) is 0. The lowest BCUT2D eigenvalue weighted by Gasteiger charge is -2.26. The first-order valence-corrected chi connectivity index (χ1v) is 9.40. The normalized spacial score (nSPS) is 13.8. The Morgan fingerprint density at radius 2 is 1.32 bits per heavy atom. The smallest absolute Gasteiger partial charge is 0.0499 e. The lowest BCUT2D eigenvalue weighted by Crippen LogP contribution is -2.22. The van der Waals surface area contributed by atoms with Crippen molar-refractivity contribution in [3.63, 3.8) is 0 Å². The second kappa shape index (κ2) is 5.37. The molecule has 134 valence electrons. The Bertz CT molecular complexity index is 935. The highest BCUT2D eigenvalue weighted by molar-refractivity contribution is 6.10. The minimum Gasteiger partial charge on any atom is -0.335 e. The summed E-state index contributed by atoms with van der Waals surface area (Å²) < 4.78 is 2.53. The first-order chi connectivity index (χ1) is 11.3. The molecule has 0 amide bonds. The second-order valence-electron chi connectivity index (χ2n) is 10.4. The van der Waals surface area contributed by atoms with Gasteiger partial charge in [-0.2, -0.15) is 0 Å². The third-order valence-corrected chi connectivity index (χ3v) is 5.14. The Morgan fingerprint density at radius 3 is 1.84 bits per heavy atom. The highest BCUT2D eigenvalue weighted by atomic mass is 15.0. The van der Waals surface area contributed by atoms with Crippen molar-refractivity contribution in [2.24, 2.45) is 0 Å². The maximum Gasteiger partial charge on any atom is 0.0499 e. The molecule has 0 spiro atoms. The van der Waals surface area contributed by atoms with Gasteiger partial charge in [-0.05, 0) is 54.9 Å². The van der Waals surface area contributed by atoms with E-state index >= 15 is 0 Å². The van der Waals surface area contributed by atoms with Crippen molar-refractivity contribution < 1.29 is 0 Å². The molecular formula is C24H33N. The Balaban J connectivity index is 2.55. The molecule has 0 saturated heterocycles. The lowest BCUT2D eigenvalue weighted by atomic mass is 9.83. The average Bonchev–Trinajstić information content (AvgIpc) is 2.78. The first-order valence-electron chi connectivity index (χ1n) is 9.40. The third kappa shape index (κ3) is 2.99. The molecule has 0 atom stereocenters. The molecule has 0 saturated carbocycles. The molecule has 3 rings (SSSR count). The van der Waals surface area contributed by atoms with Crippen LogP contribution in [-0.2, 0) is 16.4 Å². The van der Waals surface area contributed by atoms with E-state index in [1.54, 1.807) is 0 Å². The van der Waals surface area contributed by atoms with Crippen LogP contribution < -0.4 is 0 Å². The maximum absolute atomic E-state index is 2.53. The molecule has 0 radical (unpaired) electrons. The molecule has 25 heavy (non-hydrogen) atoms. The Hall–Kier alpha value is -1.76. The summed E-state index contributed by atoms with van der Waals surface area (Å²) in [5.41, 5.74) is 5.84. The van der Waals surface area contributed by atoms with Crippen molar-refractivity contribution >= 4 is 21.8 Å². The summed E-state index contributed by atoms with van der Waals surface area (Å²) in [4.78, 5) is 0. The van der Waals surface area contributed by atoms with Crippen LogP contribution in [0.2, 0.25) is 0 Å². The summed E-state index contributed by atoms with van der Waals surface area (Å²) in [5.74, 6) is 0. The van der Waals surface area contributed by atoms with Crippen LogP contribution in [0.1, 0.15) is 73.4 Å². The topological polar surface area (TPSA) is 4.93 Å². The summed E-state index contributed by atoms with van der Waals surface area (Å²) in [6, 6.07) is 13.9. The van der Waals surface area contributed by atoms with E-state index in [9.17, 15) is 0 Å². The Labute approximate surface area is 153 Å². The van der Waals surface area contributed by atoms with Crippen LogP contribution >= 0.6 is 0 Å². The van der Waals surface area contributed by atoms with Crippen LogP contribution in [0.25, 0.3) is 21.8 Å². The molecule has 0 N–H and O–H groups in total. The van der Waals surface area contributed by atoms with Crippen molar-refractivity contribution in [1.29, 1.82) is 0 Å². The largest absolute Gasteiger partial charge is 0.335 e. The zero-order chi connectivity index (χ0) is 18.8. The van der Waals surface area contributed by atoms with Crippen molar-refractivity contribution in [2.45, 2.75) is 78.7 Å². The van der Waals surface area contributed by atoms with Gasteiger partial charge in [-0.1, -0.05) is 65.8 Å². The fourth-order valence-corrected chi connectivity index (χ4v) is 3.88. The van der Waals surface area contributed by atoms with Gasteiger partial charge in [0.1, 0.15) is 0 Å². The minimum absolute atomic E-state index is 0.0347.